The molecule has 2 amide bonds. The van der Waals surface area contributed by atoms with Gasteiger partial charge in [-0.2, -0.15) is 4.98 Å². The van der Waals surface area contributed by atoms with Crippen LogP contribution in [0.2, 0.25) is 0 Å². The lowest BCUT2D eigenvalue weighted by Crippen LogP contribution is -2.54. The van der Waals surface area contributed by atoms with Crippen molar-refractivity contribution in [3.05, 3.63) is 88.3 Å². The van der Waals surface area contributed by atoms with Crippen molar-refractivity contribution in [2.45, 2.75) is 69.7 Å². The predicted molar refractivity (Wildman–Crippen MR) is 271 cm³/mol. The first-order valence-electron chi connectivity index (χ1n) is 23.9. The van der Waals surface area contributed by atoms with Gasteiger partial charge in [0.1, 0.15) is 24.2 Å². The van der Waals surface area contributed by atoms with Gasteiger partial charge in [-0.15, -0.1) is 0 Å². The van der Waals surface area contributed by atoms with Crippen molar-refractivity contribution >= 4 is 80.1 Å². The summed E-state index contributed by atoms with van der Waals surface area (Å²) in [7, 11) is -1.06. The Kier molecular flexibility index (Phi) is 14.6. The average Bonchev–Trinajstić information content (AvgIpc) is 3.34. The Hall–Kier alpha value is -4.99. The summed E-state index contributed by atoms with van der Waals surface area (Å²) in [5.41, 5.74) is 7.56. The van der Waals surface area contributed by atoms with Crippen LogP contribution in [0, 0.1) is 0 Å². The molecule has 0 aliphatic carbocycles. The Labute approximate surface area is 402 Å². The molecule has 2 aromatic heterocycles. The summed E-state index contributed by atoms with van der Waals surface area (Å²) in [6, 6.07) is 17.3. The van der Waals surface area contributed by atoms with E-state index in [0.29, 0.717) is 63.1 Å². The van der Waals surface area contributed by atoms with Crippen LogP contribution in [0.15, 0.2) is 71.6 Å². The van der Waals surface area contributed by atoms with Crippen LogP contribution in [0.5, 0.6) is 5.75 Å². The van der Waals surface area contributed by atoms with Gasteiger partial charge in [0.25, 0.3) is 0 Å². The largest absolute Gasteiger partial charge is 0.494 e. The monoisotopic (exact) mass is 991 g/mol. The first-order chi connectivity index (χ1) is 32.4. The number of piperazine rings is 1. The molecule has 17 heteroatoms. The van der Waals surface area contributed by atoms with Crippen LogP contribution in [0.3, 0.4) is 0 Å². The lowest BCUT2D eigenvalue weighted by molar-refractivity contribution is -0.134. The van der Waals surface area contributed by atoms with E-state index in [0.717, 1.165) is 115 Å². The van der Waals surface area contributed by atoms with E-state index in [9.17, 15) is 14.2 Å². The molecule has 1 unspecified atom stereocenters. The molecule has 4 saturated heterocycles. The molecule has 3 aromatic carbocycles. The Morgan fingerprint density at radius 2 is 1.51 bits per heavy atom. The molecule has 0 radical (unpaired) electrons. The Bertz CT molecular complexity index is 2620. The second-order valence-electron chi connectivity index (χ2n) is 18.8. The zero-order valence-electron chi connectivity index (χ0n) is 39.1. The highest BCUT2D eigenvalue weighted by Gasteiger charge is 2.31. The molecule has 9 rings (SSSR count). The third kappa shape index (κ3) is 10.8. The van der Waals surface area contributed by atoms with Gasteiger partial charge in [-0.05, 0) is 122 Å². The summed E-state index contributed by atoms with van der Waals surface area (Å²) >= 11 is 3.61. The molecular formula is C50H63BrN11O4P. The van der Waals surface area contributed by atoms with Crippen LogP contribution in [0.4, 0.5) is 28.8 Å². The van der Waals surface area contributed by atoms with Crippen molar-refractivity contribution in [3.63, 3.8) is 0 Å². The normalized spacial score (nSPS) is 19.7. The third-order valence-corrected chi connectivity index (χ3v) is 16.4. The second-order valence-corrected chi connectivity index (χ2v) is 22.8. The molecule has 4 aliphatic rings. The summed E-state index contributed by atoms with van der Waals surface area (Å²) < 4.78 is 20.2. The quantitative estimate of drug-likeness (QED) is 0.0743. The number of aryl methyl sites for hydroxylation is 1. The van der Waals surface area contributed by atoms with Gasteiger partial charge >= 0.3 is 0 Å². The minimum absolute atomic E-state index is 0.166. The number of fused-ring (bicyclic) bond motifs is 1. The van der Waals surface area contributed by atoms with Gasteiger partial charge in [-0.1, -0.05) is 31.2 Å². The molecule has 0 spiro atoms. The number of hydrogen-bond donors (Lipinski definition) is 3. The lowest BCUT2D eigenvalue weighted by atomic mass is 9.86. The molecule has 4 aliphatic heterocycles. The Balaban J connectivity index is 0.746. The van der Waals surface area contributed by atoms with E-state index in [-0.39, 0.29) is 17.7 Å². The van der Waals surface area contributed by atoms with Crippen LogP contribution in [-0.4, -0.2) is 138 Å². The topological polar surface area (TPSA) is 161 Å². The molecule has 15 nitrogen and oxygen atoms in total. The second kappa shape index (κ2) is 20.7. The van der Waals surface area contributed by atoms with Gasteiger partial charge in [0.15, 0.2) is 0 Å². The molecule has 4 fully saturated rings. The van der Waals surface area contributed by atoms with E-state index in [1.54, 1.807) is 39.0 Å². The van der Waals surface area contributed by atoms with Gasteiger partial charge in [0.05, 0.1) is 39.7 Å². The molecule has 354 valence electrons. The van der Waals surface area contributed by atoms with Gasteiger partial charge in [0, 0.05) is 95.2 Å². The number of rotatable bonds is 14. The van der Waals surface area contributed by atoms with Crippen molar-refractivity contribution in [2.24, 2.45) is 0 Å². The van der Waals surface area contributed by atoms with E-state index in [2.05, 4.69) is 110 Å². The number of halogens is 1. The molecule has 3 N–H and O–H groups in total. The first-order valence-corrected chi connectivity index (χ1v) is 27.3. The highest BCUT2D eigenvalue weighted by atomic mass is 79.9. The average molecular weight is 993 g/mol. The van der Waals surface area contributed by atoms with Crippen LogP contribution >= 0.6 is 23.1 Å². The number of piperidine rings is 3. The number of likely N-dealkylation sites (tertiary alicyclic amines) is 1. The Morgan fingerprint density at radius 3 is 2.19 bits per heavy atom. The van der Waals surface area contributed by atoms with Crippen molar-refractivity contribution in [3.8, 4) is 5.75 Å². The summed E-state index contributed by atoms with van der Waals surface area (Å²) in [6.45, 7) is 16.7. The fourth-order valence-electron chi connectivity index (χ4n) is 10.5. The maximum Gasteiger partial charge on any atom is 0.234 e. The number of imide groups is 1. The number of nitrogens with zero attached hydrogens (tertiary/aromatic N) is 8. The summed E-state index contributed by atoms with van der Waals surface area (Å²) in [5, 5.41) is 9.93. The number of methoxy groups -OCH3 is 1. The lowest BCUT2D eigenvalue weighted by Gasteiger charge is -2.44. The number of amides is 2. The van der Waals surface area contributed by atoms with E-state index < -0.39 is 7.14 Å². The van der Waals surface area contributed by atoms with Crippen molar-refractivity contribution in [1.29, 1.82) is 0 Å². The maximum absolute atomic E-state index is 13.5. The fourth-order valence-corrected chi connectivity index (χ4v) is 12.2. The van der Waals surface area contributed by atoms with Gasteiger partial charge in [-0.3, -0.25) is 34.7 Å². The molecule has 1 atom stereocenters. The number of hydrogen-bond acceptors (Lipinski definition) is 14. The van der Waals surface area contributed by atoms with E-state index >= 15 is 0 Å². The molecule has 6 heterocycles. The van der Waals surface area contributed by atoms with Crippen molar-refractivity contribution in [2.75, 3.05) is 101 Å². The molecule has 67 heavy (non-hydrogen) atoms. The predicted octanol–water partition coefficient (Wildman–Crippen LogP) is 7.47. The minimum Gasteiger partial charge on any atom is -0.494 e. The van der Waals surface area contributed by atoms with E-state index in [4.69, 9.17) is 9.72 Å². The fraction of sp³-hybridized carbons (Fsp3) is 0.480. The number of nitrogens with one attached hydrogen (secondary N) is 3. The van der Waals surface area contributed by atoms with Crippen LogP contribution < -0.4 is 30.9 Å². The summed E-state index contributed by atoms with van der Waals surface area (Å²) in [4.78, 5) is 52.8. The molecule has 0 bridgehead atoms. The van der Waals surface area contributed by atoms with E-state index in [1.807, 2.05) is 12.1 Å². The van der Waals surface area contributed by atoms with Gasteiger partial charge < -0.3 is 29.7 Å². The number of ether oxygens (including phenoxy) is 1. The van der Waals surface area contributed by atoms with Crippen LogP contribution in [0.25, 0.3) is 11.0 Å². The number of benzene rings is 3. The summed E-state index contributed by atoms with van der Waals surface area (Å²) in [5.74, 6) is 1.64. The van der Waals surface area contributed by atoms with Gasteiger partial charge in [-0.25, -0.2) is 4.98 Å². The smallest absolute Gasteiger partial charge is 0.234 e. The number of carbonyl (C=O) groups excluding carboxylic acids is 2. The van der Waals surface area contributed by atoms with Crippen LogP contribution in [-0.2, 0) is 20.6 Å². The Morgan fingerprint density at radius 1 is 0.806 bits per heavy atom. The highest BCUT2D eigenvalue weighted by Crippen LogP contribution is 2.42. The number of aromatic nitrogens is 4. The minimum atomic E-state index is -2.77. The molecule has 5 aromatic rings. The van der Waals surface area contributed by atoms with E-state index in [1.165, 1.54) is 16.8 Å². The first kappa shape index (κ1) is 47.1. The summed E-state index contributed by atoms with van der Waals surface area (Å²) in [6.07, 6.45) is 11.4. The van der Waals surface area contributed by atoms with Crippen molar-refractivity contribution in [1.82, 2.24) is 40.0 Å². The SMILES string of the molecule is CCc1cc(Nc2ncc(Br)c(Nc3ccc4nccnc4c3P(C)(C)=O)n2)c(OC)cc1N1CCC(N2CCN(CCN3CCC(c4ccc(C5CCC(=O)NC5=O)cc4)CC3)CC2)CC1. The standard InChI is InChI=1S/C50H63BrN11O4P/c1-5-33-30-42(56-50-54-32-39(51)48(58-50)55-41-12-11-40-46(53-19-18-52-40)47(41)67(3,4)65)44(66-2)31-43(33)62-22-16-37(17-23-62)61-28-26-60(27-29-61)25-24-59-20-14-35(15-21-59)34-6-8-36(9-7-34)38-10-13-45(63)57-49(38)64/h6-9,11-12,18-19,30-32,35,37-38H,5,10,13-17,20-29H2,1-4H3,(H,57,63,64)(H2,54,55,56,58). The van der Waals surface area contributed by atoms with Gasteiger partial charge in [0.2, 0.25) is 17.8 Å². The zero-order chi connectivity index (χ0) is 46.7. The number of carbonyl (C=O) groups is 2. The number of anilines is 5. The third-order valence-electron chi connectivity index (χ3n) is 14.3. The molecule has 0 saturated carbocycles. The highest BCUT2D eigenvalue weighted by molar-refractivity contribution is 9.10. The molecular weight excluding hydrogens is 930 g/mol. The zero-order valence-corrected chi connectivity index (χ0v) is 41.6. The van der Waals surface area contributed by atoms with Crippen molar-refractivity contribution < 1.29 is 18.9 Å². The maximum atomic E-state index is 13.5. The van der Waals surface area contributed by atoms with Crippen LogP contribution in [0.1, 0.15) is 74.0 Å².